The highest BCUT2D eigenvalue weighted by Crippen LogP contribution is 2.23. The summed E-state index contributed by atoms with van der Waals surface area (Å²) in [6.45, 7) is 4.37. The minimum absolute atomic E-state index is 0.501. The molecular formula is C13H18N2S. The van der Waals surface area contributed by atoms with E-state index in [4.69, 9.17) is 0 Å². The molecule has 1 aliphatic heterocycles. The van der Waals surface area contributed by atoms with Gasteiger partial charge >= 0.3 is 0 Å². The van der Waals surface area contributed by atoms with E-state index in [1.165, 1.54) is 11.3 Å². The number of hydrogen-bond donors (Lipinski definition) is 1. The van der Waals surface area contributed by atoms with Gasteiger partial charge in [-0.15, -0.1) is 0 Å². The molecule has 0 bridgehead atoms. The highest BCUT2D eigenvalue weighted by atomic mass is 32.2. The molecule has 0 radical (unpaired) electrons. The van der Waals surface area contributed by atoms with E-state index in [2.05, 4.69) is 48.4 Å². The van der Waals surface area contributed by atoms with Gasteiger partial charge in [0.15, 0.2) is 5.17 Å². The van der Waals surface area contributed by atoms with Crippen molar-refractivity contribution in [3.8, 4) is 0 Å². The minimum atomic E-state index is 0.501. The van der Waals surface area contributed by atoms with Gasteiger partial charge in [-0.2, -0.15) is 0 Å². The second-order valence-corrected chi connectivity index (χ2v) is 4.95. The van der Waals surface area contributed by atoms with Crippen LogP contribution in [0, 0.1) is 0 Å². The monoisotopic (exact) mass is 234 g/mol. The summed E-state index contributed by atoms with van der Waals surface area (Å²) in [5, 5.41) is 4.51. The SMILES string of the molecule is CCc1ccccc1NC1=NC(CC)CS1. The zero-order chi connectivity index (χ0) is 11.4. The number of nitrogens with zero attached hydrogens (tertiary/aromatic N) is 1. The number of aryl methyl sites for hydroxylation is 1. The maximum atomic E-state index is 4.65. The number of benzene rings is 1. The van der Waals surface area contributed by atoms with Gasteiger partial charge in [0.1, 0.15) is 0 Å². The summed E-state index contributed by atoms with van der Waals surface area (Å²) in [6.07, 6.45) is 2.19. The van der Waals surface area contributed by atoms with Gasteiger partial charge in [0.2, 0.25) is 0 Å². The molecule has 1 N–H and O–H groups in total. The molecule has 1 aliphatic rings. The lowest BCUT2D eigenvalue weighted by atomic mass is 10.1. The van der Waals surface area contributed by atoms with Gasteiger partial charge in [-0.25, -0.2) is 0 Å². The Bertz CT molecular complexity index is 387. The van der Waals surface area contributed by atoms with Crippen molar-refractivity contribution in [3.05, 3.63) is 29.8 Å². The normalized spacial score (nSPS) is 19.6. The molecule has 0 saturated heterocycles. The molecule has 0 saturated carbocycles. The van der Waals surface area contributed by atoms with Gasteiger partial charge in [-0.1, -0.05) is 43.8 Å². The number of hydrogen-bond acceptors (Lipinski definition) is 3. The van der Waals surface area contributed by atoms with Gasteiger partial charge in [-0.05, 0) is 24.5 Å². The average molecular weight is 234 g/mol. The molecule has 3 heteroatoms. The van der Waals surface area contributed by atoms with Crippen molar-refractivity contribution in [2.75, 3.05) is 11.1 Å². The number of amidine groups is 1. The largest absolute Gasteiger partial charge is 0.335 e. The Morgan fingerprint density at radius 1 is 1.38 bits per heavy atom. The van der Waals surface area contributed by atoms with Crippen LogP contribution in [-0.2, 0) is 6.42 Å². The van der Waals surface area contributed by atoms with E-state index < -0.39 is 0 Å². The molecule has 16 heavy (non-hydrogen) atoms. The fraction of sp³-hybridized carbons (Fsp3) is 0.462. The number of aliphatic imine (C=N–C) groups is 1. The van der Waals surface area contributed by atoms with E-state index in [-0.39, 0.29) is 0 Å². The van der Waals surface area contributed by atoms with E-state index in [9.17, 15) is 0 Å². The van der Waals surface area contributed by atoms with Crippen molar-refractivity contribution in [1.29, 1.82) is 0 Å². The van der Waals surface area contributed by atoms with Crippen molar-refractivity contribution in [3.63, 3.8) is 0 Å². The molecule has 1 aromatic rings. The Kier molecular flexibility index (Phi) is 3.88. The predicted molar refractivity (Wildman–Crippen MR) is 73.4 cm³/mol. The lowest BCUT2D eigenvalue weighted by molar-refractivity contribution is 0.738. The molecule has 1 unspecified atom stereocenters. The number of para-hydroxylation sites is 1. The molecular weight excluding hydrogens is 216 g/mol. The predicted octanol–water partition coefficient (Wildman–Crippen LogP) is 3.54. The molecule has 1 atom stereocenters. The minimum Gasteiger partial charge on any atom is -0.335 e. The van der Waals surface area contributed by atoms with Gasteiger partial charge in [0.25, 0.3) is 0 Å². The first kappa shape index (κ1) is 11.5. The van der Waals surface area contributed by atoms with Crippen molar-refractivity contribution in [2.24, 2.45) is 4.99 Å². The molecule has 0 aromatic heterocycles. The Hall–Kier alpha value is -0.960. The fourth-order valence-corrected chi connectivity index (χ4v) is 2.82. The van der Waals surface area contributed by atoms with Crippen molar-refractivity contribution >= 4 is 22.6 Å². The van der Waals surface area contributed by atoms with E-state index in [1.54, 1.807) is 0 Å². The van der Waals surface area contributed by atoms with Crippen LogP contribution in [-0.4, -0.2) is 17.0 Å². The molecule has 0 amide bonds. The number of thioether (sulfide) groups is 1. The molecule has 2 nitrogen and oxygen atoms in total. The van der Waals surface area contributed by atoms with Crippen LogP contribution >= 0.6 is 11.8 Å². The van der Waals surface area contributed by atoms with Crippen LogP contribution in [0.1, 0.15) is 25.8 Å². The second kappa shape index (κ2) is 5.39. The van der Waals surface area contributed by atoms with Crippen LogP contribution in [0.3, 0.4) is 0 Å². The second-order valence-electron chi connectivity index (χ2n) is 3.94. The summed E-state index contributed by atoms with van der Waals surface area (Å²) in [4.78, 5) is 4.65. The molecule has 0 aliphatic carbocycles. The summed E-state index contributed by atoms with van der Waals surface area (Å²) in [5.41, 5.74) is 2.55. The molecule has 1 heterocycles. The van der Waals surface area contributed by atoms with Crippen LogP contribution in [0.5, 0.6) is 0 Å². The molecule has 0 fully saturated rings. The maximum absolute atomic E-state index is 4.65. The first-order chi connectivity index (χ1) is 7.83. The van der Waals surface area contributed by atoms with E-state index >= 15 is 0 Å². The van der Waals surface area contributed by atoms with Crippen LogP contribution in [0.2, 0.25) is 0 Å². The highest BCUT2D eigenvalue weighted by molar-refractivity contribution is 8.14. The van der Waals surface area contributed by atoms with E-state index in [0.29, 0.717) is 6.04 Å². The first-order valence-electron chi connectivity index (χ1n) is 5.89. The summed E-state index contributed by atoms with van der Waals surface area (Å²) in [6, 6.07) is 8.95. The van der Waals surface area contributed by atoms with Crippen LogP contribution < -0.4 is 5.32 Å². The Morgan fingerprint density at radius 3 is 2.88 bits per heavy atom. The standard InChI is InChI=1S/C13H18N2S/c1-3-10-7-5-6-8-12(10)15-13-14-11(4-2)9-16-13/h5-8,11H,3-4,9H2,1-2H3,(H,14,15). The number of rotatable bonds is 3. The van der Waals surface area contributed by atoms with Crippen molar-refractivity contribution in [1.82, 2.24) is 0 Å². The van der Waals surface area contributed by atoms with Crippen molar-refractivity contribution in [2.45, 2.75) is 32.7 Å². The lowest BCUT2D eigenvalue weighted by Gasteiger charge is -2.09. The summed E-state index contributed by atoms with van der Waals surface area (Å²) in [7, 11) is 0. The van der Waals surface area contributed by atoms with E-state index in [0.717, 1.165) is 23.8 Å². The highest BCUT2D eigenvalue weighted by Gasteiger charge is 2.16. The quantitative estimate of drug-likeness (QED) is 0.865. The molecule has 0 spiro atoms. The third-order valence-corrected chi connectivity index (χ3v) is 3.86. The third kappa shape index (κ3) is 2.59. The number of anilines is 1. The third-order valence-electron chi connectivity index (χ3n) is 2.82. The van der Waals surface area contributed by atoms with Gasteiger partial charge in [0.05, 0.1) is 6.04 Å². The molecule has 86 valence electrons. The zero-order valence-electron chi connectivity index (χ0n) is 9.86. The van der Waals surface area contributed by atoms with Gasteiger partial charge in [-0.3, -0.25) is 4.99 Å². The smallest absolute Gasteiger partial charge is 0.161 e. The Labute approximate surface area is 102 Å². The van der Waals surface area contributed by atoms with Crippen molar-refractivity contribution < 1.29 is 0 Å². The van der Waals surface area contributed by atoms with Crippen LogP contribution in [0.4, 0.5) is 5.69 Å². The Morgan fingerprint density at radius 2 is 2.19 bits per heavy atom. The summed E-state index contributed by atoms with van der Waals surface area (Å²) in [5.74, 6) is 1.12. The molecule has 1 aromatic carbocycles. The zero-order valence-corrected chi connectivity index (χ0v) is 10.7. The summed E-state index contributed by atoms with van der Waals surface area (Å²) >= 11 is 1.83. The lowest BCUT2D eigenvalue weighted by Crippen LogP contribution is -2.07. The van der Waals surface area contributed by atoms with E-state index in [1.807, 2.05) is 11.8 Å². The maximum Gasteiger partial charge on any atom is 0.161 e. The topological polar surface area (TPSA) is 24.4 Å². The summed E-state index contributed by atoms with van der Waals surface area (Å²) < 4.78 is 0. The average Bonchev–Trinajstić information content (AvgIpc) is 2.77. The van der Waals surface area contributed by atoms with Gasteiger partial charge < -0.3 is 5.32 Å². The Balaban J connectivity index is 2.09. The van der Waals surface area contributed by atoms with Crippen LogP contribution in [0.15, 0.2) is 29.3 Å². The number of nitrogens with one attached hydrogen (secondary N) is 1. The first-order valence-corrected chi connectivity index (χ1v) is 6.87. The fourth-order valence-electron chi connectivity index (χ4n) is 1.76. The van der Waals surface area contributed by atoms with Crippen LogP contribution in [0.25, 0.3) is 0 Å². The molecule has 2 rings (SSSR count). The van der Waals surface area contributed by atoms with Gasteiger partial charge in [0, 0.05) is 11.4 Å².